The van der Waals surface area contributed by atoms with Crippen LogP contribution in [0.1, 0.15) is 72.1 Å². The Balaban J connectivity index is 0.000000327. The Hall–Kier alpha value is -1.25. The summed E-state index contributed by atoms with van der Waals surface area (Å²) in [5.74, 6) is -0.251. The molecule has 0 saturated heterocycles. The first-order valence-corrected chi connectivity index (χ1v) is 14.6. The molecule has 0 spiro atoms. The number of hydrogen-bond acceptors (Lipinski definition) is 4. The van der Waals surface area contributed by atoms with E-state index in [1.165, 1.54) is 65.2 Å². The van der Waals surface area contributed by atoms with Crippen LogP contribution in [0.15, 0.2) is 30.3 Å². The van der Waals surface area contributed by atoms with Gasteiger partial charge in [-0.25, -0.2) is 0 Å². The van der Waals surface area contributed by atoms with Crippen LogP contribution in [-0.4, -0.2) is 56.0 Å². The van der Waals surface area contributed by atoms with E-state index in [1.54, 1.807) is 5.30 Å². The van der Waals surface area contributed by atoms with Crippen LogP contribution in [0, 0.1) is 5.92 Å². The monoisotopic (exact) mass is 450 g/mol. The third kappa shape index (κ3) is 9.83. The van der Waals surface area contributed by atoms with Gasteiger partial charge >= 0.3 is 11.9 Å². The van der Waals surface area contributed by atoms with Gasteiger partial charge in [0.05, 0.1) is 24.3 Å². The van der Waals surface area contributed by atoms with E-state index in [0.29, 0.717) is 6.04 Å². The molecule has 5 heteroatoms. The highest BCUT2D eigenvalue weighted by Crippen LogP contribution is 2.62. The van der Waals surface area contributed by atoms with Crippen molar-refractivity contribution in [1.29, 1.82) is 0 Å². The van der Waals surface area contributed by atoms with E-state index in [2.05, 4.69) is 74.3 Å². The predicted octanol–water partition coefficient (Wildman–Crippen LogP) is 5.75. The molecule has 2 fully saturated rings. The SMILES string of the molecule is C1CCCC1.CC(=O)OC(C)=O.C[C@H](C1CCCC1[P+](C)(C)c1ccccc1)N(C)C. The van der Waals surface area contributed by atoms with Gasteiger partial charge in [0.15, 0.2) is 0 Å². The number of benzene rings is 1. The van der Waals surface area contributed by atoms with Gasteiger partial charge in [0.1, 0.15) is 0 Å². The lowest BCUT2D eigenvalue weighted by molar-refractivity contribution is -0.156. The molecule has 176 valence electrons. The van der Waals surface area contributed by atoms with Gasteiger partial charge in [-0.05, 0) is 52.4 Å². The van der Waals surface area contributed by atoms with Crippen LogP contribution in [-0.2, 0) is 14.3 Å². The van der Waals surface area contributed by atoms with Gasteiger partial charge in [-0.2, -0.15) is 0 Å². The molecule has 1 aromatic carbocycles. The summed E-state index contributed by atoms with van der Waals surface area (Å²) in [6.45, 7) is 9.87. The number of nitrogens with zero attached hydrogens (tertiary/aromatic N) is 1. The molecule has 0 aliphatic heterocycles. The summed E-state index contributed by atoms with van der Waals surface area (Å²) < 4.78 is 3.97. The van der Waals surface area contributed by atoms with Crippen molar-refractivity contribution in [3.63, 3.8) is 0 Å². The molecule has 0 amide bonds. The molecule has 31 heavy (non-hydrogen) atoms. The molecule has 3 atom stereocenters. The third-order valence-electron chi connectivity index (χ3n) is 6.75. The Morgan fingerprint density at radius 2 is 1.39 bits per heavy atom. The Morgan fingerprint density at radius 3 is 1.77 bits per heavy atom. The van der Waals surface area contributed by atoms with Crippen molar-refractivity contribution in [3.05, 3.63) is 30.3 Å². The van der Waals surface area contributed by atoms with Crippen molar-refractivity contribution in [2.45, 2.75) is 83.8 Å². The highest BCUT2D eigenvalue weighted by Gasteiger charge is 2.47. The Bertz CT molecular complexity index is 636. The zero-order valence-corrected chi connectivity index (χ0v) is 21.8. The quantitative estimate of drug-likeness (QED) is 0.333. The Morgan fingerprint density at radius 1 is 0.903 bits per heavy atom. The summed E-state index contributed by atoms with van der Waals surface area (Å²) in [6.07, 6.45) is 11.8. The van der Waals surface area contributed by atoms with E-state index in [4.69, 9.17) is 0 Å². The number of hydrogen-bond donors (Lipinski definition) is 0. The maximum absolute atomic E-state index is 9.81. The molecular formula is C26H45NO3P+. The maximum Gasteiger partial charge on any atom is 0.310 e. The van der Waals surface area contributed by atoms with Crippen molar-refractivity contribution >= 4 is 24.5 Å². The highest BCUT2D eigenvalue weighted by molar-refractivity contribution is 7.82. The molecule has 0 bridgehead atoms. The molecule has 2 aliphatic rings. The summed E-state index contributed by atoms with van der Waals surface area (Å²) in [5.41, 5.74) is 0.910. The largest absolute Gasteiger partial charge is 0.394 e. The normalized spacial score (nSPS) is 21.4. The lowest BCUT2D eigenvalue weighted by atomic mass is 9.98. The molecular weight excluding hydrogens is 405 g/mol. The second-order valence-corrected chi connectivity index (χ2v) is 13.9. The lowest BCUT2D eigenvalue weighted by Gasteiger charge is -2.35. The van der Waals surface area contributed by atoms with Crippen LogP contribution >= 0.6 is 7.26 Å². The van der Waals surface area contributed by atoms with Gasteiger partial charge < -0.3 is 9.64 Å². The number of carbonyl (C=O) groups is 2. The molecule has 1 aromatic rings. The molecule has 3 rings (SSSR count). The van der Waals surface area contributed by atoms with Crippen molar-refractivity contribution in [2.75, 3.05) is 27.4 Å². The third-order valence-corrected chi connectivity index (χ3v) is 10.7. The van der Waals surface area contributed by atoms with Crippen LogP contribution < -0.4 is 5.30 Å². The minimum Gasteiger partial charge on any atom is -0.394 e. The average Bonchev–Trinajstić information content (AvgIpc) is 3.42. The highest BCUT2D eigenvalue weighted by atomic mass is 31.2. The second-order valence-electron chi connectivity index (χ2n) is 9.59. The van der Waals surface area contributed by atoms with Gasteiger partial charge in [0, 0.05) is 33.1 Å². The Kier molecular flexibility index (Phi) is 12.6. The summed E-state index contributed by atoms with van der Waals surface area (Å²) in [5, 5.41) is 1.61. The first-order valence-electron chi connectivity index (χ1n) is 11.8. The molecule has 2 aliphatic carbocycles. The van der Waals surface area contributed by atoms with Gasteiger partial charge in [0.2, 0.25) is 0 Å². The van der Waals surface area contributed by atoms with E-state index < -0.39 is 19.2 Å². The summed E-state index contributed by atoms with van der Waals surface area (Å²) in [7, 11) is 3.44. The Labute approximate surface area is 191 Å². The van der Waals surface area contributed by atoms with E-state index in [-0.39, 0.29) is 0 Å². The first kappa shape index (κ1) is 27.8. The second kappa shape index (κ2) is 14.0. The van der Waals surface area contributed by atoms with Crippen LogP contribution in [0.25, 0.3) is 0 Å². The fourth-order valence-electron chi connectivity index (χ4n) is 4.81. The number of rotatable bonds is 4. The van der Waals surface area contributed by atoms with Crippen LogP contribution in [0.5, 0.6) is 0 Å². The van der Waals surface area contributed by atoms with Crippen LogP contribution in [0.3, 0.4) is 0 Å². The fourth-order valence-corrected chi connectivity index (χ4v) is 8.31. The van der Waals surface area contributed by atoms with Gasteiger partial charge in [-0.1, -0.05) is 50.3 Å². The predicted molar refractivity (Wildman–Crippen MR) is 135 cm³/mol. The summed E-state index contributed by atoms with van der Waals surface area (Å²) in [4.78, 5) is 22.0. The number of ether oxygens (including phenoxy) is 1. The fraction of sp³-hybridized carbons (Fsp3) is 0.692. The zero-order chi connectivity index (χ0) is 23.4. The first-order chi connectivity index (χ1) is 14.6. The van der Waals surface area contributed by atoms with Crippen molar-refractivity contribution in [1.82, 2.24) is 4.90 Å². The minimum atomic E-state index is -1.02. The van der Waals surface area contributed by atoms with Gasteiger partial charge in [0.25, 0.3) is 0 Å². The molecule has 0 aromatic heterocycles. The standard InChI is InChI=1S/C17H29NP.C5H10.C4H6O3/c1-14(18(2)3)16-12-9-13-17(16)19(4,5)15-10-7-6-8-11-15;1-2-4-5-3-1;1-3(5)7-4(2)6/h6-8,10-11,14,16-17H,9,12-13H2,1-5H3;1-5H2;1-2H3/q+1;;/t14-,16?,17?;;/m1../s1. The van der Waals surface area contributed by atoms with Gasteiger partial charge in [-0.3, -0.25) is 9.59 Å². The van der Waals surface area contributed by atoms with E-state index >= 15 is 0 Å². The topological polar surface area (TPSA) is 46.6 Å². The van der Waals surface area contributed by atoms with E-state index in [0.717, 1.165) is 11.6 Å². The van der Waals surface area contributed by atoms with Crippen molar-refractivity contribution < 1.29 is 14.3 Å². The van der Waals surface area contributed by atoms with E-state index in [1.807, 2.05) is 0 Å². The van der Waals surface area contributed by atoms with Crippen molar-refractivity contribution in [2.24, 2.45) is 5.92 Å². The maximum atomic E-state index is 9.81. The molecule has 0 heterocycles. The number of esters is 2. The zero-order valence-electron chi connectivity index (χ0n) is 20.9. The van der Waals surface area contributed by atoms with E-state index in [9.17, 15) is 9.59 Å². The minimum absolute atomic E-state index is 0.562. The van der Waals surface area contributed by atoms with Crippen LogP contribution in [0.2, 0.25) is 0 Å². The lowest BCUT2D eigenvalue weighted by Crippen LogP contribution is -2.38. The van der Waals surface area contributed by atoms with Crippen LogP contribution in [0.4, 0.5) is 0 Å². The van der Waals surface area contributed by atoms with Crippen molar-refractivity contribution in [3.8, 4) is 0 Å². The average molecular weight is 451 g/mol. The number of carbonyl (C=O) groups excluding carboxylic acids is 2. The molecule has 0 N–H and O–H groups in total. The molecule has 4 nitrogen and oxygen atoms in total. The smallest absolute Gasteiger partial charge is 0.310 e. The summed E-state index contributed by atoms with van der Waals surface area (Å²) >= 11 is 0. The summed E-state index contributed by atoms with van der Waals surface area (Å²) in [6, 6.07) is 12.0. The molecule has 2 saturated carbocycles. The molecule has 0 radical (unpaired) electrons. The molecule has 2 unspecified atom stereocenters. The van der Waals surface area contributed by atoms with Gasteiger partial charge in [-0.15, -0.1) is 0 Å².